The van der Waals surface area contributed by atoms with E-state index >= 15 is 0 Å². The molecular formula is C13H25NO4. The van der Waals surface area contributed by atoms with Crippen molar-refractivity contribution in [3.63, 3.8) is 0 Å². The van der Waals surface area contributed by atoms with Crippen molar-refractivity contribution in [3.05, 3.63) is 0 Å². The van der Waals surface area contributed by atoms with Crippen LogP contribution in [0.15, 0.2) is 0 Å². The fourth-order valence-corrected chi connectivity index (χ4v) is 2.31. The maximum atomic E-state index is 11.9. The molecule has 1 N–H and O–H groups in total. The second-order valence-electron chi connectivity index (χ2n) is 5.43. The Bertz CT molecular complexity index is 278. The van der Waals surface area contributed by atoms with E-state index in [1.54, 1.807) is 0 Å². The molecule has 5 nitrogen and oxygen atoms in total. The highest BCUT2D eigenvalue weighted by atomic mass is 16.6. The van der Waals surface area contributed by atoms with Crippen LogP contribution in [0.3, 0.4) is 0 Å². The van der Waals surface area contributed by atoms with Crippen molar-refractivity contribution in [2.24, 2.45) is 0 Å². The first kappa shape index (κ1) is 15.4. The molecule has 2 unspecified atom stereocenters. The van der Waals surface area contributed by atoms with Gasteiger partial charge in [-0.05, 0) is 27.7 Å². The first-order valence-corrected chi connectivity index (χ1v) is 6.46. The minimum atomic E-state index is -0.715. The molecule has 0 saturated carbocycles. The molecule has 0 amide bonds. The Morgan fingerprint density at radius 2 is 2.06 bits per heavy atom. The van der Waals surface area contributed by atoms with Crippen LogP contribution in [0, 0.1) is 0 Å². The SMILES string of the molecule is COC(=O)C(C)(CC(C)OC1COC1)NC(C)C. The molecule has 1 heterocycles. The van der Waals surface area contributed by atoms with E-state index in [-0.39, 0.29) is 24.2 Å². The molecule has 0 aliphatic carbocycles. The minimum absolute atomic E-state index is 0.0192. The van der Waals surface area contributed by atoms with Gasteiger partial charge in [-0.15, -0.1) is 0 Å². The quantitative estimate of drug-likeness (QED) is 0.694. The van der Waals surface area contributed by atoms with E-state index in [2.05, 4.69) is 5.32 Å². The second kappa shape index (κ2) is 6.50. The molecule has 18 heavy (non-hydrogen) atoms. The topological polar surface area (TPSA) is 56.8 Å². The zero-order valence-corrected chi connectivity index (χ0v) is 12.0. The van der Waals surface area contributed by atoms with Crippen molar-refractivity contribution >= 4 is 5.97 Å². The van der Waals surface area contributed by atoms with Gasteiger partial charge in [-0.3, -0.25) is 10.1 Å². The number of hydrogen-bond donors (Lipinski definition) is 1. The number of carbonyl (C=O) groups excluding carboxylic acids is 1. The molecule has 5 heteroatoms. The third kappa shape index (κ3) is 4.23. The lowest BCUT2D eigenvalue weighted by molar-refractivity contribution is -0.163. The van der Waals surface area contributed by atoms with Gasteiger partial charge in [0.05, 0.1) is 26.4 Å². The summed E-state index contributed by atoms with van der Waals surface area (Å²) in [7, 11) is 1.41. The van der Waals surface area contributed by atoms with Crippen molar-refractivity contribution in [2.45, 2.75) is 57.9 Å². The second-order valence-corrected chi connectivity index (χ2v) is 5.43. The van der Waals surface area contributed by atoms with Crippen molar-refractivity contribution in [1.29, 1.82) is 0 Å². The lowest BCUT2D eigenvalue weighted by atomic mass is 9.93. The van der Waals surface area contributed by atoms with Crippen LogP contribution >= 0.6 is 0 Å². The van der Waals surface area contributed by atoms with Gasteiger partial charge in [0.25, 0.3) is 0 Å². The summed E-state index contributed by atoms with van der Waals surface area (Å²) in [6, 6.07) is 0.202. The molecule has 106 valence electrons. The Hall–Kier alpha value is -0.650. The molecule has 1 aliphatic rings. The molecule has 1 aliphatic heterocycles. The number of carbonyl (C=O) groups is 1. The predicted molar refractivity (Wildman–Crippen MR) is 68.5 cm³/mol. The summed E-state index contributed by atoms with van der Waals surface area (Å²) < 4.78 is 15.7. The molecule has 0 aromatic heterocycles. The van der Waals surface area contributed by atoms with Crippen LogP contribution in [0.2, 0.25) is 0 Å². The molecule has 2 atom stereocenters. The normalized spacial score (nSPS) is 21.2. The molecule has 1 saturated heterocycles. The Kier molecular flexibility index (Phi) is 5.56. The van der Waals surface area contributed by atoms with E-state index in [1.807, 2.05) is 27.7 Å². The number of hydrogen-bond acceptors (Lipinski definition) is 5. The number of esters is 1. The van der Waals surface area contributed by atoms with E-state index in [1.165, 1.54) is 7.11 Å². The van der Waals surface area contributed by atoms with E-state index in [4.69, 9.17) is 14.2 Å². The van der Waals surface area contributed by atoms with Gasteiger partial charge in [-0.25, -0.2) is 0 Å². The summed E-state index contributed by atoms with van der Waals surface area (Å²) in [6.07, 6.45) is 0.726. The maximum Gasteiger partial charge on any atom is 0.325 e. The first-order valence-electron chi connectivity index (χ1n) is 6.46. The van der Waals surface area contributed by atoms with Crippen molar-refractivity contribution in [1.82, 2.24) is 5.32 Å². The third-order valence-electron chi connectivity index (χ3n) is 2.97. The molecule has 0 aromatic carbocycles. The summed E-state index contributed by atoms with van der Waals surface area (Å²) in [5.41, 5.74) is -0.715. The van der Waals surface area contributed by atoms with Crippen LogP contribution in [0.4, 0.5) is 0 Å². The Morgan fingerprint density at radius 3 is 2.44 bits per heavy atom. The average Bonchev–Trinajstić information content (AvgIpc) is 2.21. The van der Waals surface area contributed by atoms with Gasteiger partial charge in [0.1, 0.15) is 11.6 Å². The van der Waals surface area contributed by atoms with Crippen molar-refractivity contribution < 1.29 is 19.0 Å². The zero-order valence-electron chi connectivity index (χ0n) is 12.0. The van der Waals surface area contributed by atoms with Gasteiger partial charge in [0.2, 0.25) is 0 Å². The maximum absolute atomic E-state index is 11.9. The van der Waals surface area contributed by atoms with Crippen LogP contribution in [-0.4, -0.2) is 50.1 Å². The molecule has 0 radical (unpaired) electrons. The highest BCUT2D eigenvalue weighted by molar-refractivity contribution is 5.80. The van der Waals surface area contributed by atoms with Gasteiger partial charge in [-0.2, -0.15) is 0 Å². The fourth-order valence-electron chi connectivity index (χ4n) is 2.31. The van der Waals surface area contributed by atoms with Crippen molar-refractivity contribution in [2.75, 3.05) is 20.3 Å². The van der Waals surface area contributed by atoms with E-state index < -0.39 is 5.54 Å². The standard InChI is InChI=1S/C13H25NO4/c1-9(2)14-13(4,12(15)16-5)6-10(3)18-11-7-17-8-11/h9-11,14H,6-8H2,1-5H3. The third-order valence-corrected chi connectivity index (χ3v) is 2.97. The van der Waals surface area contributed by atoms with Crippen molar-refractivity contribution in [3.8, 4) is 0 Å². The average molecular weight is 259 g/mol. The molecule has 1 fully saturated rings. The summed E-state index contributed by atoms with van der Waals surface area (Å²) in [4.78, 5) is 11.9. The molecular weight excluding hydrogens is 234 g/mol. The monoisotopic (exact) mass is 259 g/mol. The number of ether oxygens (including phenoxy) is 3. The lowest BCUT2D eigenvalue weighted by Gasteiger charge is -2.35. The number of rotatable bonds is 7. The van der Waals surface area contributed by atoms with E-state index in [0.717, 1.165) is 0 Å². The number of nitrogens with one attached hydrogen (secondary N) is 1. The summed E-state index contributed by atoms with van der Waals surface area (Å²) in [5.74, 6) is -0.253. The van der Waals surface area contributed by atoms with Crippen LogP contribution in [0.5, 0.6) is 0 Å². The Morgan fingerprint density at radius 1 is 1.44 bits per heavy atom. The zero-order chi connectivity index (χ0) is 13.8. The van der Waals surface area contributed by atoms with Gasteiger partial charge < -0.3 is 14.2 Å². The Labute approximate surface area is 109 Å². The van der Waals surface area contributed by atoms with Gasteiger partial charge >= 0.3 is 5.97 Å². The summed E-state index contributed by atoms with van der Waals surface area (Å²) in [5, 5.41) is 3.26. The van der Waals surface area contributed by atoms with Gasteiger partial charge in [0, 0.05) is 12.5 Å². The minimum Gasteiger partial charge on any atom is -0.468 e. The summed E-state index contributed by atoms with van der Waals surface area (Å²) >= 11 is 0. The highest BCUT2D eigenvalue weighted by Gasteiger charge is 2.37. The largest absolute Gasteiger partial charge is 0.468 e. The van der Waals surface area contributed by atoms with Crippen LogP contribution in [0.1, 0.15) is 34.1 Å². The molecule has 0 aromatic rings. The van der Waals surface area contributed by atoms with E-state index in [9.17, 15) is 4.79 Å². The van der Waals surface area contributed by atoms with Gasteiger partial charge in [0.15, 0.2) is 0 Å². The van der Waals surface area contributed by atoms with Crippen LogP contribution in [0.25, 0.3) is 0 Å². The number of methoxy groups -OCH3 is 1. The van der Waals surface area contributed by atoms with E-state index in [0.29, 0.717) is 19.6 Å². The fraction of sp³-hybridized carbons (Fsp3) is 0.923. The van der Waals surface area contributed by atoms with Gasteiger partial charge in [-0.1, -0.05) is 0 Å². The summed E-state index contributed by atoms with van der Waals surface area (Å²) in [6.45, 7) is 9.14. The molecule has 0 bridgehead atoms. The van der Waals surface area contributed by atoms with Crippen LogP contribution in [-0.2, 0) is 19.0 Å². The highest BCUT2D eigenvalue weighted by Crippen LogP contribution is 2.20. The molecule has 1 rings (SSSR count). The first-order chi connectivity index (χ1) is 8.37. The molecule has 0 spiro atoms. The Balaban J connectivity index is 2.55. The predicted octanol–water partition coefficient (Wildman–Crippen LogP) is 1.11. The van der Waals surface area contributed by atoms with Crippen LogP contribution < -0.4 is 5.32 Å². The lowest BCUT2D eigenvalue weighted by Crippen LogP contribution is -2.55. The smallest absolute Gasteiger partial charge is 0.325 e.